The maximum absolute atomic E-state index is 13.4. The summed E-state index contributed by atoms with van der Waals surface area (Å²) in [6.07, 6.45) is 1.03. The average Bonchev–Trinajstić information content (AvgIpc) is 2.86. The molecule has 0 aromatic heterocycles. The molecule has 2 aliphatic rings. The topological polar surface area (TPSA) is 23.6 Å². The lowest BCUT2D eigenvalue weighted by molar-refractivity contribution is 0.0964. The summed E-state index contributed by atoms with van der Waals surface area (Å²) in [5.74, 6) is 0.567. The zero-order chi connectivity index (χ0) is 17.7. The Kier molecular flexibility index (Phi) is 3.92. The SMILES string of the molecule is Cc1cc(C)cc(C(=O)N2c3ccc(C)cc3[C@@H]3CN(C)CC[C@@H]32)c1. The molecule has 1 amide bonds. The van der Waals surface area contributed by atoms with Crippen molar-refractivity contribution in [2.24, 2.45) is 0 Å². The minimum absolute atomic E-state index is 0.147. The van der Waals surface area contributed by atoms with Gasteiger partial charge in [0.1, 0.15) is 0 Å². The van der Waals surface area contributed by atoms with Gasteiger partial charge in [0.2, 0.25) is 0 Å². The Labute approximate surface area is 150 Å². The van der Waals surface area contributed by atoms with Crippen molar-refractivity contribution in [1.82, 2.24) is 4.90 Å². The number of aryl methyl sites for hydroxylation is 3. The lowest BCUT2D eigenvalue weighted by Gasteiger charge is -2.36. The summed E-state index contributed by atoms with van der Waals surface area (Å²) in [5, 5.41) is 0. The summed E-state index contributed by atoms with van der Waals surface area (Å²) in [7, 11) is 2.18. The number of piperidine rings is 1. The van der Waals surface area contributed by atoms with E-state index in [2.05, 4.69) is 61.9 Å². The summed E-state index contributed by atoms with van der Waals surface area (Å²) in [5.41, 5.74) is 6.82. The zero-order valence-electron chi connectivity index (χ0n) is 15.5. The lowest BCUT2D eigenvalue weighted by Crippen LogP contribution is -2.47. The van der Waals surface area contributed by atoms with Gasteiger partial charge in [0, 0.05) is 29.8 Å². The number of likely N-dealkylation sites (N-methyl/N-ethyl adjacent to an activating group) is 1. The van der Waals surface area contributed by atoms with E-state index in [-0.39, 0.29) is 11.9 Å². The molecule has 2 aromatic carbocycles. The van der Waals surface area contributed by atoms with Crippen LogP contribution in [0.2, 0.25) is 0 Å². The molecule has 3 nitrogen and oxygen atoms in total. The molecule has 2 atom stereocenters. The van der Waals surface area contributed by atoms with Crippen LogP contribution in [0.1, 0.15) is 45.0 Å². The van der Waals surface area contributed by atoms with Gasteiger partial charge < -0.3 is 9.80 Å². The molecule has 0 spiro atoms. The quantitative estimate of drug-likeness (QED) is 0.785. The fourth-order valence-electron chi connectivity index (χ4n) is 4.58. The van der Waals surface area contributed by atoms with Crippen LogP contribution >= 0.6 is 0 Å². The minimum atomic E-state index is 0.147. The third-order valence-electron chi connectivity index (χ3n) is 5.64. The van der Waals surface area contributed by atoms with Crippen LogP contribution in [0, 0.1) is 20.8 Å². The van der Waals surface area contributed by atoms with Crippen molar-refractivity contribution in [1.29, 1.82) is 0 Å². The molecular weight excluding hydrogens is 308 g/mol. The van der Waals surface area contributed by atoms with Crippen LogP contribution in [0.3, 0.4) is 0 Å². The lowest BCUT2D eigenvalue weighted by atomic mass is 9.88. The Morgan fingerprint density at radius 3 is 2.44 bits per heavy atom. The highest BCUT2D eigenvalue weighted by atomic mass is 16.2. The molecule has 0 saturated carbocycles. The molecule has 1 saturated heterocycles. The van der Waals surface area contributed by atoms with Crippen molar-refractivity contribution < 1.29 is 4.79 Å². The van der Waals surface area contributed by atoms with E-state index in [1.807, 2.05) is 12.1 Å². The van der Waals surface area contributed by atoms with Crippen LogP contribution in [-0.4, -0.2) is 37.0 Å². The molecule has 2 aliphatic heterocycles. The number of carbonyl (C=O) groups excluding carboxylic acids is 1. The van der Waals surface area contributed by atoms with Gasteiger partial charge in [-0.15, -0.1) is 0 Å². The van der Waals surface area contributed by atoms with E-state index in [1.54, 1.807) is 0 Å². The van der Waals surface area contributed by atoms with Gasteiger partial charge in [-0.3, -0.25) is 4.79 Å². The van der Waals surface area contributed by atoms with Gasteiger partial charge in [0.05, 0.1) is 0 Å². The van der Waals surface area contributed by atoms with Crippen molar-refractivity contribution in [3.8, 4) is 0 Å². The number of likely N-dealkylation sites (tertiary alicyclic amines) is 1. The van der Waals surface area contributed by atoms with Crippen molar-refractivity contribution in [3.63, 3.8) is 0 Å². The highest BCUT2D eigenvalue weighted by molar-refractivity contribution is 6.08. The fraction of sp³-hybridized carbons (Fsp3) is 0.409. The van der Waals surface area contributed by atoms with Crippen molar-refractivity contribution in [2.75, 3.05) is 25.0 Å². The van der Waals surface area contributed by atoms with Crippen LogP contribution in [0.4, 0.5) is 5.69 Å². The van der Waals surface area contributed by atoms with Gasteiger partial charge in [0.25, 0.3) is 5.91 Å². The normalized spacial score (nSPS) is 22.6. The largest absolute Gasteiger partial charge is 0.306 e. The van der Waals surface area contributed by atoms with Crippen LogP contribution in [0.5, 0.6) is 0 Å². The Bertz CT molecular complexity index is 822. The Balaban J connectivity index is 1.79. The van der Waals surface area contributed by atoms with E-state index in [9.17, 15) is 4.79 Å². The number of fused-ring (bicyclic) bond motifs is 3. The molecule has 0 aliphatic carbocycles. The molecule has 0 N–H and O–H groups in total. The predicted molar refractivity (Wildman–Crippen MR) is 103 cm³/mol. The number of rotatable bonds is 1. The molecule has 3 heteroatoms. The van der Waals surface area contributed by atoms with Crippen molar-refractivity contribution in [2.45, 2.75) is 39.2 Å². The fourth-order valence-corrected chi connectivity index (χ4v) is 4.58. The number of amides is 1. The summed E-state index contributed by atoms with van der Waals surface area (Å²) < 4.78 is 0. The van der Waals surface area contributed by atoms with E-state index < -0.39 is 0 Å². The number of benzene rings is 2. The minimum Gasteiger partial charge on any atom is -0.306 e. The van der Waals surface area contributed by atoms with Crippen molar-refractivity contribution >= 4 is 11.6 Å². The molecule has 2 aromatic rings. The van der Waals surface area contributed by atoms with E-state index >= 15 is 0 Å². The van der Waals surface area contributed by atoms with Crippen LogP contribution in [-0.2, 0) is 0 Å². The van der Waals surface area contributed by atoms with E-state index in [1.165, 1.54) is 11.1 Å². The number of hydrogen-bond acceptors (Lipinski definition) is 2. The molecule has 1 fully saturated rings. The maximum Gasteiger partial charge on any atom is 0.258 e. The molecule has 2 heterocycles. The summed E-state index contributed by atoms with van der Waals surface area (Å²) >= 11 is 0. The Morgan fingerprint density at radius 1 is 1.00 bits per heavy atom. The molecule has 130 valence electrons. The molecule has 0 radical (unpaired) electrons. The smallest absolute Gasteiger partial charge is 0.258 e. The van der Waals surface area contributed by atoms with Gasteiger partial charge in [-0.1, -0.05) is 34.9 Å². The first-order valence-corrected chi connectivity index (χ1v) is 9.15. The summed E-state index contributed by atoms with van der Waals surface area (Å²) in [4.78, 5) is 17.9. The third-order valence-corrected chi connectivity index (χ3v) is 5.64. The second-order valence-electron chi connectivity index (χ2n) is 7.84. The molecule has 0 unspecified atom stereocenters. The van der Waals surface area contributed by atoms with Crippen LogP contribution in [0.25, 0.3) is 0 Å². The Hall–Kier alpha value is -2.13. The standard InChI is InChI=1S/C22H26N2O/c1-14-5-6-20-18(12-14)19-13-23(4)8-7-21(19)24(20)22(25)17-10-15(2)9-16(3)11-17/h5-6,9-12,19,21H,7-8,13H2,1-4H3/t19-,21-/m0/s1. The number of hydrogen-bond donors (Lipinski definition) is 0. The van der Waals surface area contributed by atoms with Gasteiger partial charge in [-0.25, -0.2) is 0 Å². The summed E-state index contributed by atoms with van der Waals surface area (Å²) in [6, 6.07) is 13.0. The molecule has 25 heavy (non-hydrogen) atoms. The Morgan fingerprint density at radius 2 is 1.72 bits per heavy atom. The van der Waals surface area contributed by atoms with E-state index in [4.69, 9.17) is 0 Å². The third kappa shape index (κ3) is 2.77. The zero-order valence-corrected chi connectivity index (χ0v) is 15.5. The van der Waals surface area contributed by atoms with Gasteiger partial charge in [0.15, 0.2) is 0 Å². The van der Waals surface area contributed by atoms with Gasteiger partial charge in [-0.05, 0) is 64.5 Å². The number of nitrogens with zero attached hydrogens (tertiary/aromatic N) is 2. The highest BCUT2D eigenvalue weighted by Crippen LogP contribution is 2.45. The maximum atomic E-state index is 13.4. The predicted octanol–water partition coefficient (Wildman–Crippen LogP) is 4.06. The molecular formula is C22H26N2O. The highest BCUT2D eigenvalue weighted by Gasteiger charge is 2.44. The first kappa shape index (κ1) is 16.3. The number of carbonyl (C=O) groups is 1. The van der Waals surface area contributed by atoms with Gasteiger partial charge in [-0.2, -0.15) is 0 Å². The monoisotopic (exact) mass is 334 g/mol. The van der Waals surface area contributed by atoms with Crippen LogP contribution in [0.15, 0.2) is 36.4 Å². The summed E-state index contributed by atoms with van der Waals surface area (Å²) in [6.45, 7) is 8.33. The first-order valence-electron chi connectivity index (χ1n) is 9.15. The first-order chi connectivity index (χ1) is 11.9. The molecule has 0 bridgehead atoms. The second-order valence-corrected chi connectivity index (χ2v) is 7.84. The number of anilines is 1. The van der Waals surface area contributed by atoms with Crippen LogP contribution < -0.4 is 4.90 Å². The second kappa shape index (κ2) is 5.99. The van der Waals surface area contributed by atoms with Crippen molar-refractivity contribution in [3.05, 3.63) is 64.2 Å². The molecule has 4 rings (SSSR count). The average molecular weight is 334 g/mol. The van der Waals surface area contributed by atoms with E-state index in [0.717, 1.165) is 41.9 Å². The van der Waals surface area contributed by atoms with Gasteiger partial charge >= 0.3 is 0 Å². The van der Waals surface area contributed by atoms with E-state index in [0.29, 0.717) is 5.92 Å².